The van der Waals surface area contributed by atoms with E-state index in [-0.39, 0.29) is 11.6 Å². The second kappa shape index (κ2) is 8.23. The highest BCUT2D eigenvalue weighted by Crippen LogP contribution is 2.36. The van der Waals surface area contributed by atoms with Crippen LogP contribution in [0.15, 0.2) is 42.5 Å². The molecule has 138 valence electrons. The van der Waals surface area contributed by atoms with Gasteiger partial charge in [0.2, 0.25) is 11.8 Å². The van der Waals surface area contributed by atoms with Crippen molar-refractivity contribution in [2.24, 2.45) is 0 Å². The monoisotopic (exact) mass is 384 g/mol. The maximum Gasteiger partial charge on any atom is 0.418 e. The zero-order valence-corrected chi connectivity index (χ0v) is 14.5. The van der Waals surface area contributed by atoms with Gasteiger partial charge in [-0.1, -0.05) is 41.4 Å². The number of hydrogen-bond acceptors (Lipinski definition) is 2. The first-order valence-electron chi connectivity index (χ1n) is 7.64. The third-order valence-corrected chi connectivity index (χ3v) is 3.69. The Morgan fingerprint density at radius 3 is 2.46 bits per heavy atom. The van der Waals surface area contributed by atoms with Crippen LogP contribution in [0.2, 0.25) is 5.02 Å². The zero-order chi connectivity index (χ0) is 19.3. The lowest BCUT2D eigenvalue weighted by Crippen LogP contribution is -2.28. The highest BCUT2D eigenvalue weighted by molar-refractivity contribution is 6.30. The van der Waals surface area contributed by atoms with Crippen molar-refractivity contribution < 1.29 is 22.8 Å². The quantitative estimate of drug-likeness (QED) is 0.754. The average molecular weight is 385 g/mol. The van der Waals surface area contributed by atoms with Crippen molar-refractivity contribution in [3.63, 3.8) is 0 Å². The minimum Gasteiger partial charge on any atom is -0.352 e. The molecule has 0 atom stereocenters. The van der Waals surface area contributed by atoms with E-state index in [1.807, 2.05) is 31.2 Å². The zero-order valence-electron chi connectivity index (χ0n) is 13.8. The topological polar surface area (TPSA) is 58.2 Å². The molecule has 4 nitrogen and oxygen atoms in total. The molecule has 2 aromatic rings. The molecule has 26 heavy (non-hydrogen) atoms. The Labute approximate surface area is 153 Å². The van der Waals surface area contributed by atoms with Crippen LogP contribution in [0.5, 0.6) is 0 Å². The Bertz CT molecular complexity index is 822. The van der Waals surface area contributed by atoms with Crippen molar-refractivity contribution in [2.45, 2.75) is 26.1 Å². The molecule has 2 aromatic carbocycles. The van der Waals surface area contributed by atoms with Gasteiger partial charge in [0.15, 0.2) is 0 Å². The summed E-state index contributed by atoms with van der Waals surface area (Å²) in [7, 11) is 0. The van der Waals surface area contributed by atoms with Crippen LogP contribution in [0.25, 0.3) is 0 Å². The summed E-state index contributed by atoms with van der Waals surface area (Å²) in [5.41, 5.74) is 0.365. The lowest BCUT2D eigenvalue weighted by Gasteiger charge is -2.14. The van der Waals surface area contributed by atoms with Gasteiger partial charge in [0.25, 0.3) is 0 Å². The van der Waals surface area contributed by atoms with Crippen molar-refractivity contribution in [1.29, 1.82) is 0 Å². The number of amides is 2. The van der Waals surface area contributed by atoms with Crippen LogP contribution in [-0.2, 0) is 22.3 Å². The van der Waals surface area contributed by atoms with Gasteiger partial charge in [0.1, 0.15) is 6.42 Å². The Morgan fingerprint density at radius 2 is 1.81 bits per heavy atom. The minimum absolute atomic E-state index is 0.105. The van der Waals surface area contributed by atoms with Gasteiger partial charge >= 0.3 is 6.18 Å². The number of hydrogen-bond donors (Lipinski definition) is 2. The smallest absolute Gasteiger partial charge is 0.352 e. The van der Waals surface area contributed by atoms with Gasteiger partial charge in [0.05, 0.1) is 11.3 Å². The summed E-state index contributed by atoms with van der Waals surface area (Å²) in [4.78, 5) is 23.7. The Balaban J connectivity index is 1.95. The SMILES string of the molecule is Cc1cccc(CNC(=O)CC(=O)Nc2ccc(Cl)cc2C(F)(F)F)c1. The molecule has 0 fully saturated rings. The van der Waals surface area contributed by atoms with Gasteiger partial charge < -0.3 is 10.6 Å². The van der Waals surface area contributed by atoms with E-state index in [4.69, 9.17) is 11.6 Å². The molecule has 0 heterocycles. The lowest BCUT2D eigenvalue weighted by atomic mass is 10.1. The normalized spacial score (nSPS) is 11.1. The second-order valence-corrected chi connectivity index (χ2v) is 6.11. The summed E-state index contributed by atoms with van der Waals surface area (Å²) in [6.45, 7) is 2.13. The van der Waals surface area contributed by atoms with Gasteiger partial charge in [-0.15, -0.1) is 0 Å². The van der Waals surface area contributed by atoms with Crippen LogP contribution in [-0.4, -0.2) is 11.8 Å². The van der Waals surface area contributed by atoms with E-state index >= 15 is 0 Å². The second-order valence-electron chi connectivity index (χ2n) is 5.68. The summed E-state index contributed by atoms with van der Waals surface area (Å²) in [6.07, 6.45) is -5.27. The van der Waals surface area contributed by atoms with Gasteiger partial charge in [-0.05, 0) is 30.7 Å². The van der Waals surface area contributed by atoms with Crippen molar-refractivity contribution >= 4 is 29.1 Å². The number of halogens is 4. The predicted molar refractivity (Wildman–Crippen MR) is 92.7 cm³/mol. The van der Waals surface area contributed by atoms with Crippen LogP contribution in [0.3, 0.4) is 0 Å². The van der Waals surface area contributed by atoms with E-state index in [0.29, 0.717) is 0 Å². The summed E-state index contributed by atoms with van der Waals surface area (Å²) in [5, 5.41) is 4.55. The van der Waals surface area contributed by atoms with E-state index in [9.17, 15) is 22.8 Å². The molecule has 0 radical (unpaired) electrons. The van der Waals surface area contributed by atoms with Crippen molar-refractivity contribution in [3.8, 4) is 0 Å². The molecule has 2 amide bonds. The van der Waals surface area contributed by atoms with E-state index < -0.39 is 35.7 Å². The number of rotatable bonds is 5. The van der Waals surface area contributed by atoms with Gasteiger partial charge in [0, 0.05) is 11.6 Å². The number of benzene rings is 2. The summed E-state index contributed by atoms with van der Waals surface area (Å²) in [6, 6.07) is 10.4. The highest BCUT2D eigenvalue weighted by atomic mass is 35.5. The third kappa shape index (κ3) is 5.77. The Morgan fingerprint density at radius 1 is 1.08 bits per heavy atom. The molecule has 0 aromatic heterocycles. The molecule has 0 aliphatic heterocycles. The fourth-order valence-electron chi connectivity index (χ4n) is 2.29. The largest absolute Gasteiger partial charge is 0.418 e. The third-order valence-electron chi connectivity index (χ3n) is 3.45. The Kier molecular flexibility index (Phi) is 6.26. The van der Waals surface area contributed by atoms with Crippen LogP contribution >= 0.6 is 11.6 Å². The molecule has 2 N–H and O–H groups in total. The molecular weight excluding hydrogens is 369 g/mol. The van der Waals surface area contributed by atoms with Crippen molar-refractivity contribution in [3.05, 3.63) is 64.2 Å². The number of anilines is 1. The molecule has 8 heteroatoms. The minimum atomic E-state index is -4.68. The summed E-state index contributed by atoms with van der Waals surface area (Å²) < 4.78 is 39.0. The number of aryl methyl sites for hydroxylation is 1. The van der Waals surface area contributed by atoms with Gasteiger partial charge in [-0.3, -0.25) is 9.59 Å². The molecule has 0 spiro atoms. The first-order chi connectivity index (χ1) is 12.1. The maximum atomic E-state index is 13.0. The van der Waals surface area contributed by atoms with Gasteiger partial charge in [-0.25, -0.2) is 0 Å². The Hall–Kier alpha value is -2.54. The summed E-state index contributed by atoms with van der Waals surface area (Å²) >= 11 is 5.58. The van der Waals surface area contributed by atoms with E-state index in [0.717, 1.165) is 23.3 Å². The van der Waals surface area contributed by atoms with E-state index in [1.165, 1.54) is 6.07 Å². The van der Waals surface area contributed by atoms with Crippen molar-refractivity contribution in [1.82, 2.24) is 5.32 Å². The molecule has 0 aliphatic carbocycles. The van der Waals surface area contributed by atoms with Crippen LogP contribution in [0.1, 0.15) is 23.1 Å². The average Bonchev–Trinajstić information content (AvgIpc) is 2.53. The summed E-state index contributed by atoms with van der Waals surface area (Å²) in [5.74, 6) is -1.44. The maximum absolute atomic E-state index is 13.0. The fourth-order valence-corrected chi connectivity index (χ4v) is 2.46. The van der Waals surface area contributed by atoms with Crippen LogP contribution < -0.4 is 10.6 Å². The van der Waals surface area contributed by atoms with Crippen molar-refractivity contribution in [2.75, 3.05) is 5.32 Å². The number of carbonyl (C=O) groups excluding carboxylic acids is 2. The molecular formula is C18H16ClF3N2O2. The standard InChI is InChI=1S/C18H16ClF3N2O2/c1-11-3-2-4-12(7-11)10-23-16(25)9-17(26)24-15-6-5-13(19)8-14(15)18(20,21)22/h2-8H,9-10H2,1H3,(H,23,25)(H,24,26). The van der Waals surface area contributed by atoms with Gasteiger partial charge in [-0.2, -0.15) is 13.2 Å². The number of alkyl halides is 3. The fraction of sp³-hybridized carbons (Fsp3) is 0.222. The molecule has 0 saturated heterocycles. The molecule has 0 bridgehead atoms. The molecule has 0 unspecified atom stereocenters. The molecule has 0 aliphatic rings. The molecule has 0 saturated carbocycles. The number of carbonyl (C=O) groups is 2. The number of nitrogens with one attached hydrogen (secondary N) is 2. The first kappa shape index (κ1) is 19.8. The first-order valence-corrected chi connectivity index (χ1v) is 8.02. The predicted octanol–water partition coefficient (Wildman–Crippen LogP) is 4.31. The highest BCUT2D eigenvalue weighted by Gasteiger charge is 2.34. The molecule has 2 rings (SSSR count). The van der Waals surface area contributed by atoms with Crippen LogP contribution in [0.4, 0.5) is 18.9 Å². The lowest BCUT2D eigenvalue weighted by molar-refractivity contribution is -0.137. The van der Waals surface area contributed by atoms with Crippen LogP contribution in [0, 0.1) is 6.92 Å². The van der Waals surface area contributed by atoms with E-state index in [2.05, 4.69) is 10.6 Å². The van der Waals surface area contributed by atoms with E-state index in [1.54, 1.807) is 0 Å².